The van der Waals surface area contributed by atoms with E-state index in [-0.39, 0.29) is 10.8 Å². The number of halogens is 1. The second kappa shape index (κ2) is 9.36. The van der Waals surface area contributed by atoms with Gasteiger partial charge < -0.3 is 4.90 Å². The standard InChI is InChI=1S/C21H28ClN3O4S2/c1-17(2)16-25(20-8-4-6-18(22)14-20)31(28,29)21-9-5-7-19(15-21)23-10-12-24(13-11-23)30(3,26)27/h4-9,14-15,17H,10-13,16H2,1-3H3. The van der Waals surface area contributed by atoms with Gasteiger partial charge in [0.25, 0.3) is 10.0 Å². The molecular weight excluding hydrogens is 458 g/mol. The fraction of sp³-hybridized carbons (Fsp3) is 0.429. The van der Waals surface area contributed by atoms with E-state index in [4.69, 9.17) is 11.6 Å². The molecule has 31 heavy (non-hydrogen) atoms. The summed E-state index contributed by atoms with van der Waals surface area (Å²) in [6.07, 6.45) is 1.20. The minimum Gasteiger partial charge on any atom is -0.369 e. The van der Waals surface area contributed by atoms with E-state index < -0.39 is 20.0 Å². The van der Waals surface area contributed by atoms with Crippen molar-refractivity contribution in [3.8, 4) is 0 Å². The number of rotatable bonds is 7. The second-order valence-corrected chi connectivity index (χ2v) is 12.3. The number of anilines is 2. The van der Waals surface area contributed by atoms with Gasteiger partial charge in [-0.3, -0.25) is 4.31 Å². The largest absolute Gasteiger partial charge is 0.369 e. The van der Waals surface area contributed by atoms with Gasteiger partial charge in [0.2, 0.25) is 10.0 Å². The molecule has 0 N–H and O–H groups in total. The van der Waals surface area contributed by atoms with Crippen molar-refractivity contribution in [2.75, 3.05) is 48.2 Å². The van der Waals surface area contributed by atoms with Crippen molar-refractivity contribution in [3.05, 3.63) is 53.6 Å². The molecule has 0 aromatic heterocycles. The zero-order chi connectivity index (χ0) is 22.8. The van der Waals surface area contributed by atoms with E-state index in [9.17, 15) is 16.8 Å². The van der Waals surface area contributed by atoms with Gasteiger partial charge in [0.15, 0.2) is 0 Å². The van der Waals surface area contributed by atoms with Crippen LogP contribution >= 0.6 is 11.6 Å². The van der Waals surface area contributed by atoms with Crippen LogP contribution in [0.3, 0.4) is 0 Å². The lowest BCUT2D eigenvalue weighted by molar-refractivity contribution is 0.388. The van der Waals surface area contributed by atoms with Crippen LogP contribution in [0.15, 0.2) is 53.4 Å². The topological polar surface area (TPSA) is 78.0 Å². The Morgan fingerprint density at radius 1 is 0.968 bits per heavy atom. The minimum atomic E-state index is -3.82. The number of piperazine rings is 1. The number of hydrogen-bond donors (Lipinski definition) is 0. The van der Waals surface area contributed by atoms with Gasteiger partial charge >= 0.3 is 0 Å². The summed E-state index contributed by atoms with van der Waals surface area (Å²) in [7, 11) is -7.05. The SMILES string of the molecule is CC(C)CN(c1cccc(Cl)c1)S(=O)(=O)c1cccc(N2CCN(S(C)(=O)=O)CC2)c1. The van der Waals surface area contributed by atoms with Gasteiger partial charge in [-0.05, 0) is 42.3 Å². The fourth-order valence-electron chi connectivity index (χ4n) is 3.55. The molecule has 0 spiro atoms. The lowest BCUT2D eigenvalue weighted by Gasteiger charge is -2.35. The molecule has 10 heteroatoms. The van der Waals surface area contributed by atoms with Crippen LogP contribution in [-0.4, -0.2) is 60.1 Å². The average molecular weight is 486 g/mol. The Morgan fingerprint density at radius 2 is 1.61 bits per heavy atom. The summed E-state index contributed by atoms with van der Waals surface area (Å²) in [5.41, 5.74) is 1.28. The zero-order valence-electron chi connectivity index (χ0n) is 17.9. The Labute approximate surface area is 190 Å². The third-order valence-corrected chi connectivity index (χ3v) is 8.43. The first-order valence-corrected chi connectivity index (χ1v) is 13.7. The van der Waals surface area contributed by atoms with Crippen molar-refractivity contribution in [2.24, 2.45) is 5.92 Å². The Morgan fingerprint density at radius 3 is 2.19 bits per heavy atom. The Balaban J connectivity index is 1.90. The van der Waals surface area contributed by atoms with E-state index in [1.165, 1.54) is 14.9 Å². The molecule has 0 bridgehead atoms. The summed E-state index contributed by atoms with van der Waals surface area (Å²) in [6.45, 7) is 5.99. The molecule has 2 aromatic carbocycles. The third-order valence-electron chi connectivity index (χ3n) is 5.11. The molecule has 0 unspecified atom stereocenters. The van der Waals surface area contributed by atoms with Gasteiger partial charge in [0.1, 0.15) is 0 Å². The lowest BCUT2D eigenvalue weighted by atomic mass is 10.2. The number of hydrogen-bond acceptors (Lipinski definition) is 5. The minimum absolute atomic E-state index is 0.112. The van der Waals surface area contributed by atoms with E-state index in [1.54, 1.807) is 42.5 Å². The number of nitrogens with zero attached hydrogens (tertiary/aromatic N) is 3. The van der Waals surface area contributed by atoms with Crippen molar-refractivity contribution in [2.45, 2.75) is 18.7 Å². The van der Waals surface area contributed by atoms with Crippen LogP contribution in [0.1, 0.15) is 13.8 Å². The monoisotopic (exact) mass is 485 g/mol. The van der Waals surface area contributed by atoms with Crippen molar-refractivity contribution in [1.82, 2.24) is 4.31 Å². The molecule has 0 saturated carbocycles. The first-order chi connectivity index (χ1) is 14.5. The van der Waals surface area contributed by atoms with Gasteiger partial charge in [-0.1, -0.05) is 37.6 Å². The molecule has 1 heterocycles. The molecule has 0 amide bonds. The normalized spacial score (nSPS) is 16.0. The summed E-state index contributed by atoms with van der Waals surface area (Å²) >= 11 is 6.12. The highest BCUT2D eigenvalue weighted by Crippen LogP contribution is 2.29. The molecule has 170 valence electrons. The predicted octanol–water partition coefficient (Wildman–Crippen LogP) is 3.27. The van der Waals surface area contributed by atoms with E-state index in [0.29, 0.717) is 43.4 Å². The summed E-state index contributed by atoms with van der Waals surface area (Å²) in [5, 5.41) is 0.471. The Hall–Kier alpha value is -1.81. The van der Waals surface area contributed by atoms with E-state index in [0.717, 1.165) is 5.69 Å². The maximum Gasteiger partial charge on any atom is 0.264 e. The van der Waals surface area contributed by atoms with Crippen molar-refractivity contribution < 1.29 is 16.8 Å². The molecule has 1 aliphatic heterocycles. The lowest BCUT2D eigenvalue weighted by Crippen LogP contribution is -2.48. The third kappa shape index (κ3) is 5.71. The van der Waals surface area contributed by atoms with E-state index in [1.807, 2.05) is 24.8 Å². The zero-order valence-corrected chi connectivity index (χ0v) is 20.3. The molecule has 1 saturated heterocycles. The van der Waals surface area contributed by atoms with Crippen LogP contribution < -0.4 is 9.21 Å². The summed E-state index contributed by atoms with van der Waals surface area (Å²) in [6, 6.07) is 13.6. The van der Waals surface area contributed by atoms with Crippen molar-refractivity contribution in [1.29, 1.82) is 0 Å². The van der Waals surface area contributed by atoms with Crippen LogP contribution in [0.5, 0.6) is 0 Å². The summed E-state index contributed by atoms with van der Waals surface area (Å²) in [4.78, 5) is 2.20. The fourth-order valence-corrected chi connectivity index (χ4v) is 6.22. The Kier molecular flexibility index (Phi) is 7.20. The van der Waals surface area contributed by atoms with Crippen LogP contribution in [0.2, 0.25) is 5.02 Å². The number of benzene rings is 2. The van der Waals surface area contributed by atoms with Crippen LogP contribution in [0, 0.1) is 5.92 Å². The quantitative estimate of drug-likeness (QED) is 0.601. The van der Waals surface area contributed by atoms with Gasteiger partial charge in [-0.2, -0.15) is 4.31 Å². The predicted molar refractivity (Wildman–Crippen MR) is 126 cm³/mol. The molecule has 2 aromatic rings. The smallest absolute Gasteiger partial charge is 0.264 e. The van der Waals surface area contributed by atoms with Gasteiger partial charge in [-0.15, -0.1) is 0 Å². The highest BCUT2D eigenvalue weighted by Gasteiger charge is 2.28. The maximum atomic E-state index is 13.6. The maximum absolute atomic E-state index is 13.6. The second-order valence-electron chi connectivity index (χ2n) is 8.06. The van der Waals surface area contributed by atoms with Crippen LogP contribution in [-0.2, 0) is 20.0 Å². The molecule has 3 rings (SSSR count). The molecular formula is C21H28ClN3O4S2. The Bertz CT molecular complexity index is 1130. The van der Waals surface area contributed by atoms with Gasteiger partial charge in [0, 0.05) is 43.4 Å². The first-order valence-electron chi connectivity index (χ1n) is 10.1. The molecule has 7 nitrogen and oxygen atoms in total. The van der Waals surface area contributed by atoms with E-state index >= 15 is 0 Å². The molecule has 1 aliphatic rings. The van der Waals surface area contributed by atoms with Crippen LogP contribution in [0.25, 0.3) is 0 Å². The van der Waals surface area contributed by atoms with E-state index in [2.05, 4.69) is 0 Å². The molecule has 1 fully saturated rings. The van der Waals surface area contributed by atoms with Gasteiger partial charge in [-0.25, -0.2) is 16.8 Å². The summed E-state index contributed by atoms with van der Waals surface area (Å²) < 4.78 is 53.5. The molecule has 0 atom stereocenters. The summed E-state index contributed by atoms with van der Waals surface area (Å²) in [5.74, 6) is 0.112. The number of sulfonamides is 2. The average Bonchev–Trinajstić information content (AvgIpc) is 2.71. The highest BCUT2D eigenvalue weighted by molar-refractivity contribution is 7.92. The first kappa shape index (κ1) is 23.8. The molecule has 0 radical (unpaired) electrons. The van der Waals surface area contributed by atoms with Crippen molar-refractivity contribution >= 4 is 43.0 Å². The molecule has 0 aliphatic carbocycles. The van der Waals surface area contributed by atoms with Crippen LogP contribution in [0.4, 0.5) is 11.4 Å². The van der Waals surface area contributed by atoms with Crippen molar-refractivity contribution in [3.63, 3.8) is 0 Å². The highest BCUT2D eigenvalue weighted by atomic mass is 35.5. The van der Waals surface area contributed by atoms with Gasteiger partial charge in [0.05, 0.1) is 16.8 Å².